The number of carbonyl (C=O) groups is 2. The summed E-state index contributed by atoms with van der Waals surface area (Å²) < 4.78 is 10.1. The fraction of sp³-hybridized carbons (Fsp3) is 0.111. The maximum atomic E-state index is 12.4. The summed E-state index contributed by atoms with van der Waals surface area (Å²) in [5.74, 6) is -0.284. The summed E-state index contributed by atoms with van der Waals surface area (Å²) in [6.45, 7) is 3.93. The fourth-order valence-corrected chi connectivity index (χ4v) is 1.96. The van der Waals surface area contributed by atoms with Crippen molar-refractivity contribution in [2.45, 2.75) is 0 Å². The van der Waals surface area contributed by atoms with Gasteiger partial charge in [0.2, 0.25) is 0 Å². The lowest BCUT2D eigenvalue weighted by Gasteiger charge is -2.10. The van der Waals surface area contributed by atoms with Crippen molar-refractivity contribution < 1.29 is 19.1 Å². The van der Waals surface area contributed by atoms with Crippen molar-refractivity contribution in [2.75, 3.05) is 19.0 Å². The molecule has 23 heavy (non-hydrogen) atoms. The van der Waals surface area contributed by atoms with E-state index in [0.717, 1.165) is 0 Å². The molecule has 0 saturated heterocycles. The Morgan fingerprint density at radius 3 is 2.70 bits per heavy atom. The summed E-state index contributed by atoms with van der Waals surface area (Å²) in [5.41, 5.74) is 1.11. The Hall–Kier alpha value is -3.08. The zero-order chi connectivity index (χ0) is 16.7. The van der Waals surface area contributed by atoms with Crippen molar-refractivity contribution in [3.8, 4) is 5.75 Å². The van der Waals surface area contributed by atoms with Crippen LogP contribution in [-0.4, -0.2) is 25.6 Å². The lowest BCUT2D eigenvalue weighted by atomic mass is 10.1. The van der Waals surface area contributed by atoms with E-state index in [-0.39, 0.29) is 5.91 Å². The van der Waals surface area contributed by atoms with Crippen LogP contribution in [0.3, 0.4) is 0 Å². The van der Waals surface area contributed by atoms with Crippen LogP contribution in [0.25, 0.3) is 0 Å². The van der Waals surface area contributed by atoms with E-state index in [1.807, 2.05) is 0 Å². The highest BCUT2D eigenvalue weighted by Gasteiger charge is 2.14. The van der Waals surface area contributed by atoms with E-state index < -0.39 is 5.97 Å². The molecule has 1 N–H and O–H groups in total. The molecule has 118 valence electrons. The van der Waals surface area contributed by atoms with Crippen molar-refractivity contribution in [2.24, 2.45) is 0 Å². The molecule has 0 bridgehead atoms. The van der Waals surface area contributed by atoms with Crippen LogP contribution in [0.4, 0.5) is 5.69 Å². The smallest absolute Gasteiger partial charge is 0.339 e. The van der Waals surface area contributed by atoms with Gasteiger partial charge in [-0.1, -0.05) is 30.9 Å². The van der Waals surface area contributed by atoms with Crippen molar-refractivity contribution in [3.63, 3.8) is 0 Å². The average molecular weight is 311 g/mol. The molecule has 0 atom stereocenters. The summed E-state index contributed by atoms with van der Waals surface area (Å²) in [7, 11) is 1.29. The van der Waals surface area contributed by atoms with Gasteiger partial charge >= 0.3 is 5.97 Å². The second-order valence-corrected chi connectivity index (χ2v) is 4.62. The Kier molecular flexibility index (Phi) is 5.52. The van der Waals surface area contributed by atoms with Crippen molar-refractivity contribution in [1.82, 2.24) is 0 Å². The predicted molar refractivity (Wildman–Crippen MR) is 87.9 cm³/mol. The zero-order valence-corrected chi connectivity index (χ0v) is 12.7. The first kappa shape index (κ1) is 16.3. The molecule has 0 aliphatic rings. The quantitative estimate of drug-likeness (QED) is 0.657. The van der Waals surface area contributed by atoms with Crippen LogP contribution in [-0.2, 0) is 4.74 Å². The average Bonchev–Trinajstić information content (AvgIpc) is 2.60. The van der Waals surface area contributed by atoms with Crippen LogP contribution in [0.2, 0.25) is 0 Å². The molecule has 5 heteroatoms. The monoisotopic (exact) mass is 311 g/mol. The van der Waals surface area contributed by atoms with Gasteiger partial charge in [-0.15, -0.1) is 0 Å². The number of methoxy groups -OCH3 is 1. The standard InChI is InChI=1S/C18H17NO4/c1-3-11-23-14-8-6-7-13(12-14)17(20)19-16-10-5-4-9-15(16)18(21)22-2/h3-10,12H,1,11H2,2H3,(H,19,20). The first-order chi connectivity index (χ1) is 11.2. The van der Waals surface area contributed by atoms with Gasteiger partial charge in [0.15, 0.2) is 0 Å². The van der Waals surface area contributed by atoms with Crippen LogP contribution < -0.4 is 10.1 Å². The van der Waals surface area contributed by atoms with Crippen LogP contribution in [0, 0.1) is 0 Å². The molecule has 2 aromatic carbocycles. The molecule has 0 aliphatic heterocycles. The van der Waals surface area contributed by atoms with E-state index in [1.54, 1.807) is 54.6 Å². The van der Waals surface area contributed by atoms with Crippen LogP contribution in [0.5, 0.6) is 5.75 Å². The van der Waals surface area contributed by atoms with Crippen LogP contribution in [0.15, 0.2) is 61.2 Å². The van der Waals surface area contributed by atoms with Crippen molar-refractivity contribution >= 4 is 17.6 Å². The number of anilines is 1. The molecule has 0 aliphatic carbocycles. The lowest BCUT2D eigenvalue weighted by molar-refractivity contribution is 0.0602. The van der Waals surface area contributed by atoms with E-state index in [0.29, 0.717) is 29.2 Å². The van der Waals surface area contributed by atoms with E-state index in [1.165, 1.54) is 7.11 Å². The maximum Gasteiger partial charge on any atom is 0.339 e. The molecule has 2 rings (SSSR count). The molecule has 0 fully saturated rings. The molecule has 0 radical (unpaired) electrons. The minimum atomic E-state index is -0.510. The maximum absolute atomic E-state index is 12.4. The third-order valence-electron chi connectivity index (χ3n) is 3.04. The fourth-order valence-electron chi connectivity index (χ4n) is 1.96. The summed E-state index contributed by atoms with van der Waals surface area (Å²) in [6.07, 6.45) is 1.62. The minimum Gasteiger partial charge on any atom is -0.490 e. The van der Waals surface area contributed by atoms with Gasteiger partial charge in [-0.3, -0.25) is 4.79 Å². The zero-order valence-electron chi connectivity index (χ0n) is 12.7. The predicted octanol–water partition coefficient (Wildman–Crippen LogP) is 3.29. The van der Waals surface area contributed by atoms with Gasteiger partial charge < -0.3 is 14.8 Å². The molecule has 0 unspecified atom stereocenters. The molecule has 0 spiro atoms. The number of carbonyl (C=O) groups excluding carboxylic acids is 2. The summed E-state index contributed by atoms with van der Waals surface area (Å²) in [4.78, 5) is 24.1. The third-order valence-corrected chi connectivity index (χ3v) is 3.04. The molecule has 5 nitrogen and oxygen atoms in total. The van der Waals surface area contributed by atoms with E-state index >= 15 is 0 Å². The topological polar surface area (TPSA) is 64.6 Å². The molecule has 0 heterocycles. The number of nitrogens with one attached hydrogen (secondary N) is 1. The molecular formula is C18H17NO4. The van der Waals surface area contributed by atoms with Crippen LogP contribution >= 0.6 is 0 Å². The Morgan fingerprint density at radius 1 is 1.17 bits per heavy atom. The van der Waals surface area contributed by atoms with Crippen molar-refractivity contribution in [3.05, 3.63) is 72.3 Å². The normalized spacial score (nSPS) is 9.78. The van der Waals surface area contributed by atoms with Gasteiger partial charge in [-0.05, 0) is 30.3 Å². The van der Waals surface area contributed by atoms with Gasteiger partial charge in [0.1, 0.15) is 12.4 Å². The number of hydrogen-bond donors (Lipinski definition) is 1. The van der Waals surface area contributed by atoms with Crippen molar-refractivity contribution in [1.29, 1.82) is 0 Å². The number of hydrogen-bond acceptors (Lipinski definition) is 4. The van der Waals surface area contributed by atoms with Gasteiger partial charge in [-0.2, -0.15) is 0 Å². The molecule has 0 saturated carbocycles. The van der Waals surface area contributed by atoms with Gasteiger partial charge in [0.25, 0.3) is 5.91 Å². The van der Waals surface area contributed by atoms with Crippen LogP contribution in [0.1, 0.15) is 20.7 Å². The number of para-hydroxylation sites is 1. The summed E-state index contributed by atoms with van der Waals surface area (Å²) in [6, 6.07) is 13.4. The highest BCUT2D eigenvalue weighted by molar-refractivity contribution is 6.08. The number of benzene rings is 2. The number of ether oxygens (including phenoxy) is 2. The molecule has 2 aromatic rings. The second kappa shape index (κ2) is 7.79. The first-order valence-corrected chi connectivity index (χ1v) is 6.98. The number of rotatable bonds is 6. The molecular weight excluding hydrogens is 294 g/mol. The highest BCUT2D eigenvalue weighted by Crippen LogP contribution is 2.19. The largest absolute Gasteiger partial charge is 0.490 e. The summed E-state index contributed by atoms with van der Waals surface area (Å²) >= 11 is 0. The first-order valence-electron chi connectivity index (χ1n) is 6.98. The number of amides is 1. The van der Waals surface area contributed by atoms with Gasteiger partial charge in [0.05, 0.1) is 18.4 Å². The van der Waals surface area contributed by atoms with E-state index in [9.17, 15) is 9.59 Å². The van der Waals surface area contributed by atoms with E-state index in [4.69, 9.17) is 9.47 Å². The summed E-state index contributed by atoms with van der Waals surface area (Å²) in [5, 5.41) is 2.71. The highest BCUT2D eigenvalue weighted by atomic mass is 16.5. The van der Waals surface area contributed by atoms with Gasteiger partial charge in [0, 0.05) is 5.56 Å². The lowest BCUT2D eigenvalue weighted by Crippen LogP contribution is -2.15. The Morgan fingerprint density at radius 2 is 1.96 bits per heavy atom. The van der Waals surface area contributed by atoms with E-state index in [2.05, 4.69) is 11.9 Å². The SMILES string of the molecule is C=CCOc1cccc(C(=O)Nc2ccccc2C(=O)OC)c1. The Labute approximate surface area is 134 Å². The second-order valence-electron chi connectivity index (χ2n) is 4.62. The Balaban J connectivity index is 2.19. The third kappa shape index (κ3) is 4.20. The molecule has 1 amide bonds. The number of esters is 1. The Bertz CT molecular complexity index is 724. The van der Waals surface area contributed by atoms with Gasteiger partial charge in [-0.25, -0.2) is 4.79 Å². The molecule has 0 aromatic heterocycles. The minimum absolute atomic E-state index is 0.294.